The smallest absolute Gasteiger partial charge is 0.246 e. The lowest BCUT2D eigenvalue weighted by atomic mass is 9.88. The molecule has 0 aromatic carbocycles. The molecule has 0 bridgehead atoms. The number of nitrogens with one attached hydrogen (secondary N) is 2. The topological polar surface area (TPSA) is 96.2 Å². The molecule has 1 aromatic heterocycles. The minimum absolute atomic E-state index is 0. The van der Waals surface area contributed by atoms with Gasteiger partial charge in [-0.3, -0.25) is 4.79 Å². The Bertz CT molecular complexity index is 564. The number of aromatic nitrogens is 2. The lowest BCUT2D eigenvalue weighted by molar-refractivity contribution is -0.117. The first-order chi connectivity index (χ1) is 9.45. The van der Waals surface area contributed by atoms with Crippen LogP contribution in [0.5, 0.6) is 0 Å². The predicted molar refractivity (Wildman–Crippen MR) is 92.4 cm³/mol. The summed E-state index contributed by atoms with van der Waals surface area (Å²) in [6.45, 7) is 3.73. The van der Waals surface area contributed by atoms with Crippen LogP contribution in [0.1, 0.15) is 25.5 Å². The maximum absolute atomic E-state index is 11.8. The third-order valence-electron chi connectivity index (χ3n) is 4.12. The van der Waals surface area contributed by atoms with E-state index in [0.717, 1.165) is 24.4 Å². The Morgan fingerprint density at radius 2 is 1.95 bits per heavy atom. The first-order valence-electron chi connectivity index (χ1n) is 6.90. The third kappa shape index (κ3) is 3.21. The van der Waals surface area contributed by atoms with Crippen molar-refractivity contribution < 1.29 is 4.79 Å². The molecule has 22 heavy (non-hydrogen) atoms. The molecule has 3 rings (SSSR count). The van der Waals surface area contributed by atoms with E-state index in [9.17, 15) is 4.79 Å². The van der Waals surface area contributed by atoms with Crippen LogP contribution in [0.3, 0.4) is 0 Å². The van der Waals surface area contributed by atoms with E-state index < -0.39 is 0 Å². The minimum atomic E-state index is -0.234. The number of fused-ring (bicyclic) bond motifs is 1. The van der Waals surface area contributed by atoms with Crippen molar-refractivity contribution in [1.82, 2.24) is 9.97 Å². The average molecular weight is 349 g/mol. The molecule has 1 aliphatic carbocycles. The normalized spacial score (nSPS) is 25.9. The molecule has 1 atom stereocenters. The van der Waals surface area contributed by atoms with E-state index in [1.807, 2.05) is 25.8 Å². The number of likely N-dealkylation sites (N-methyl/N-ethyl adjacent to an activating group) is 1. The molecule has 2 heterocycles. The molecule has 0 spiro atoms. The molecule has 4 N–H and O–H groups in total. The van der Waals surface area contributed by atoms with E-state index in [1.165, 1.54) is 0 Å². The second-order valence-electron chi connectivity index (χ2n) is 5.68. The van der Waals surface area contributed by atoms with Crippen LogP contribution < -0.4 is 21.3 Å². The van der Waals surface area contributed by atoms with Crippen LogP contribution in [-0.2, 0) is 4.79 Å². The van der Waals surface area contributed by atoms with Crippen molar-refractivity contribution in [3.63, 3.8) is 0 Å². The van der Waals surface area contributed by atoms with Gasteiger partial charge in [0.25, 0.3) is 0 Å². The van der Waals surface area contributed by atoms with Gasteiger partial charge in [-0.25, -0.2) is 4.98 Å². The van der Waals surface area contributed by atoms with Gasteiger partial charge in [0.05, 0.1) is 5.69 Å². The van der Waals surface area contributed by atoms with Gasteiger partial charge in [0.2, 0.25) is 11.9 Å². The molecule has 9 heteroatoms. The summed E-state index contributed by atoms with van der Waals surface area (Å²) in [6.07, 6.45) is 1.89. The number of hydrogen-bond acceptors (Lipinski definition) is 6. The molecule has 1 saturated carbocycles. The molecule has 2 aliphatic rings. The second-order valence-corrected chi connectivity index (χ2v) is 5.68. The van der Waals surface area contributed by atoms with E-state index in [2.05, 4.69) is 20.6 Å². The summed E-state index contributed by atoms with van der Waals surface area (Å²) >= 11 is 0. The fourth-order valence-electron chi connectivity index (χ4n) is 2.57. The van der Waals surface area contributed by atoms with Crippen LogP contribution >= 0.6 is 24.8 Å². The van der Waals surface area contributed by atoms with Gasteiger partial charge in [0, 0.05) is 19.1 Å². The van der Waals surface area contributed by atoms with E-state index >= 15 is 0 Å². The number of carbonyl (C=O) groups excluding carboxylic acids is 1. The summed E-state index contributed by atoms with van der Waals surface area (Å²) in [7, 11) is 1.87. The fraction of sp³-hybridized carbons (Fsp3) is 0.615. The van der Waals surface area contributed by atoms with E-state index in [4.69, 9.17) is 5.73 Å². The van der Waals surface area contributed by atoms with E-state index in [0.29, 0.717) is 17.7 Å². The average Bonchev–Trinajstić information content (AvgIpc) is 2.36. The Kier molecular flexibility index (Phi) is 5.83. The van der Waals surface area contributed by atoms with Gasteiger partial charge in [0.15, 0.2) is 5.82 Å². The number of carbonyl (C=O) groups is 1. The minimum Gasteiger partial charge on any atom is -0.351 e. The van der Waals surface area contributed by atoms with Gasteiger partial charge in [-0.2, -0.15) is 4.98 Å². The highest BCUT2D eigenvalue weighted by atomic mass is 35.5. The predicted octanol–water partition coefficient (Wildman–Crippen LogP) is 1.31. The number of halogens is 2. The second kappa shape index (κ2) is 6.85. The lowest BCUT2D eigenvalue weighted by Gasteiger charge is -2.35. The molecule has 1 amide bonds. The summed E-state index contributed by atoms with van der Waals surface area (Å²) in [5, 5.41) is 6.18. The standard InChI is InChI=1S/C13H20N6O.2ClH/c1-6-10-11(19(3)7(2)12(20)17-10)18-13(15-6)16-9-4-8(14)5-9;;/h7-9H,4-5,14H2,1-3H3,(H,17,20)(H,15,16,18);2*1H/t7-,8-,9-;;/m0../s1. The van der Waals surface area contributed by atoms with Gasteiger partial charge in [-0.05, 0) is 26.7 Å². The van der Waals surface area contributed by atoms with Crippen LogP contribution in [0, 0.1) is 6.92 Å². The zero-order valence-corrected chi connectivity index (χ0v) is 14.4. The number of aryl methyl sites for hydroxylation is 1. The molecule has 124 valence electrons. The van der Waals surface area contributed by atoms with Crippen molar-refractivity contribution in [3.8, 4) is 0 Å². The van der Waals surface area contributed by atoms with Crippen molar-refractivity contribution in [2.45, 2.75) is 44.8 Å². The van der Waals surface area contributed by atoms with Crippen LogP contribution in [0.25, 0.3) is 0 Å². The Balaban J connectivity index is 0.00000121. The Morgan fingerprint density at radius 3 is 2.55 bits per heavy atom. The number of amides is 1. The molecule has 0 radical (unpaired) electrons. The molecule has 1 aliphatic heterocycles. The highest BCUT2D eigenvalue weighted by molar-refractivity contribution is 6.03. The van der Waals surface area contributed by atoms with Crippen LogP contribution in [0.15, 0.2) is 0 Å². The molecular formula is C13H22Cl2N6O. The van der Waals surface area contributed by atoms with E-state index in [-0.39, 0.29) is 42.8 Å². The molecule has 7 nitrogen and oxygen atoms in total. The molecule has 1 fully saturated rings. The number of anilines is 3. The quantitative estimate of drug-likeness (QED) is 0.745. The van der Waals surface area contributed by atoms with Crippen molar-refractivity contribution in [1.29, 1.82) is 0 Å². The Labute approximate surface area is 142 Å². The Morgan fingerprint density at radius 1 is 1.32 bits per heavy atom. The maximum Gasteiger partial charge on any atom is 0.246 e. The first kappa shape index (κ1) is 18.7. The summed E-state index contributed by atoms with van der Waals surface area (Å²) in [6, 6.07) is 0.401. The third-order valence-corrected chi connectivity index (χ3v) is 4.12. The molecule has 1 aromatic rings. The van der Waals surface area contributed by atoms with Crippen molar-refractivity contribution >= 4 is 48.2 Å². The molecule has 0 saturated heterocycles. The number of rotatable bonds is 2. The highest BCUT2D eigenvalue weighted by Gasteiger charge is 2.31. The van der Waals surface area contributed by atoms with Gasteiger partial charge in [0.1, 0.15) is 11.7 Å². The summed E-state index contributed by atoms with van der Waals surface area (Å²) in [5.41, 5.74) is 7.25. The van der Waals surface area contributed by atoms with Gasteiger partial charge >= 0.3 is 0 Å². The van der Waals surface area contributed by atoms with Gasteiger partial charge in [-0.1, -0.05) is 0 Å². The van der Waals surface area contributed by atoms with Crippen LogP contribution in [0.2, 0.25) is 0 Å². The summed E-state index contributed by atoms with van der Waals surface area (Å²) in [5.74, 6) is 1.33. The van der Waals surface area contributed by atoms with Gasteiger partial charge in [-0.15, -0.1) is 24.8 Å². The summed E-state index contributed by atoms with van der Waals surface area (Å²) < 4.78 is 0. The largest absolute Gasteiger partial charge is 0.351 e. The highest BCUT2D eigenvalue weighted by Crippen LogP contribution is 2.32. The zero-order chi connectivity index (χ0) is 14.4. The molecule has 0 unspecified atom stereocenters. The SMILES string of the molecule is Cc1nc(N[C@H]2C[C@H](N)C2)nc2c1NC(=O)[C@H](C)N2C.Cl.Cl. The number of hydrogen-bond donors (Lipinski definition) is 3. The fourth-order valence-corrected chi connectivity index (χ4v) is 2.57. The summed E-state index contributed by atoms with van der Waals surface area (Å²) in [4.78, 5) is 22.7. The van der Waals surface area contributed by atoms with Crippen molar-refractivity contribution in [2.75, 3.05) is 22.6 Å². The Hall–Kier alpha value is -1.31. The van der Waals surface area contributed by atoms with E-state index in [1.54, 1.807) is 0 Å². The van der Waals surface area contributed by atoms with Crippen LogP contribution in [0.4, 0.5) is 17.5 Å². The van der Waals surface area contributed by atoms with Gasteiger partial charge < -0.3 is 21.3 Å². The lowest BCUT2D eigenvalue weighted by Crippen LogP contribution is -2.46. The van der Waals surface area contributed by atoms with Crippen molar-refractivity contribution in [3.05, 3.63) is 5.69 Å². The van der Waals surface area contributed by atoms with Crippen LogP contribution in [-0.4, -0.2) is 41.0 Å². The maximum atomic E-state index is 11.8. The zero-order valence-electron chi connectivity index (χ0n) is 12.8. The first-order valence-corrected chi connectivity index (χ1v) is 6.90. The monoisotopic (exact) mass is 348 g/mol. The number of nitrogens with zero attached hydrogens (tertiary/aromatic N) is 3. The number of nitrogens with two attached hydrogens (primary N) is 1. The van der Waals surface area contributed by atoms with Crippen molar-refractivity contribution in [2.24, 2.45) is 5.73 Å². The molecular weight excluding hydrogens is 327 g/mol.